The van der Waals surface area contributed by atoms with Crippen LogP contribution in [0.4, 0.5) is 5.82 Å². The van der Waals surface area contributed by atoms with Crippen molar-refractivity contribution in [2.24, 2.45) is 5.73 Å². The normalized spacial score (nSPS) is 11.0. The molecule has 0 unspecified atom stereocenters. The van der Waals surface area contributed by atoms with Crippen LogP contribution in [0.3, 0.4) is 0 Å². The Morgan fingerprint density at radius 1 is 1.07 bits per heavy atom. The van der Waals surface area contributed by atoms with Crippen LogP contribution in [0.5, 0.6) is 11.5 Å². The smallest absolute Gasteiger partial charge is 0.150 e. The van der Waals surface area contributed by atoms with Gasteiger partial charge in [-0.2, -0.15) is 0 Å². The van der Waals surface area contributed by atoms with Crippen molar-refractivity contribution in [3.05, 3.63) is 61.1 Å². The molecule has 0 fully saturated rings. The third-order valence-corrected chi connectivity index (χ3v) is 4.50. The van der Waals surface area contributed by atoms with E-state index in [0.29, 0.717) is 24.6 Å². The average Bonchev–Trinajstić information content (AvgIpc) is 3.10. The maximum absolute atomic E-state index is 9.60. The molecule has 0 aliphatic rings. The summed E-state index contributed by atoms with van der Waals surface area (Å²) in [7, 11) is 0. The number of fused-ring (bicyclic) bond motifs is 1. The van der Waals surface area contributed by atoms with Gasteiger partial charge in [0.1, 0.15) is 23.6 Å². The number of aromatic hydroxyl groups is 1. The summed E-state index contributed by atoms with van der Waals surface area (Å²) >= 11 is 0. The minimum absolute atomic E-state index is 0.207. The van der Waals surface area contributed by atoms with Crippen LogP contribution >= 0.6 is 0 Å². The van der Waals surface area contributed by atoms with E-state index in [1.54, 1.807) is 12.1 Å². The van der Waals surface area contributed by atoms with Crippen molar-refractivity contribution in [3.8, 4) is 28.3 Å². The molecule has 2 aromatic carbocycles. The van der Waals surface area contributed by atoms with Crippen molar-refractivity contribution in [2.45, 2.75) is 6.42 Å². The fourth-order valence-corrected chi connectivity index (χ4v) is 3.14. The van der Waals surface area contributed by atoms with Crippen LogP contribution in [0.1, 0.15) is 6.42 Å². The van der Waals surface area contributed by atoms with E-state index in [4.69, 9.17) is 16.2 Å². The molecule has 7 heteroatoms. The first-order chi connectivity index (χ1) is 13.7. The summed E-state index contributed by atoms with van der Waals surface area (Å²) in [4.78, 5) is 8.61. The summed E-state index contributed by atoms with van der Waals surface area (Å²) in [6.45, 7) is 1.16. The van der Waals surface area contributed by atoms with Gasteiger partial charge >= 0.3 is 0 Å². The second-order valence-electron chi connectivity index (χ2n) is 6.41. The lowest BCUT2D eigenvalue weighted by Crippen LogP contribution is -2.06. The van der Waals surface area contributed by atoms with Gasteiger partial charge in [-0.15, -0.1) is 0 Å². The molecule has 142 valence electrons. The van der Waals surface area contributed by atoms with Gasteiger partial charge in [0.25, 0.3) is 0 Å². The molecule has 0 amide bonds. The first-order valence-electron chi connectivity index (χ1n) is 9.01. The van der Waals surface area contributed by atoms with E-state index in [-0.39, 0.29) is 5.75 Å². The highest BCUT2D eigenvalue weighted by Crippen LogP contribution is 2.35. The summed E-state index contributed by atoms with van der Waals surface area (Å²) in [6, 6.07) is 14.7. The van der Waals surface area contributed by atoms with E-state index in [9.17, 15) is 5.11 Å². The molecule has 0 saturated carbocycles. The van der Waals surface area contributed by atoms with Gasteiger partial charge in [-0.05, 0) is 42.8 Å². The van der Waals surface area contributed by atoms with E-state index < -0.39 is 0 Å². The van der Waals surface area contributed by atoms with Crippen LogP contribution < -0.4 is 16.2 Å². The van der Waals surface area contributed by atoms with E-state index in [1.807, 2.05) is 47.2 Å². The lowest BCUT2D eigenvalue weighted by molar-refractivity contribution is 0.313. The largest absolute Gasteiger partial charge is 0.508 e. The highest BCUT2D eigenvalue weighted by atomic mass is 16.5. The van der Waals surface area contributed by atoms with E-state index in [2.05, 4.69) is 9.97 Å². The van der Waals surface area contributed by atoms with Gasteiger partial charge in [0.05, 0.1) is 17.7 Å². The van der Waals surface area contributed by atoms with Gasteiger partial charge in [-0.1, -0.05) is 18.2 Å². The van der Waals surface area contributed by atoms with Crippen LogP contribution in [-0.4, -0.2) is 32.8 Å². The number of nitrogens with zero attached hydrogens (tertiary/aromatic N) is 3. The molecule has 0 aliphatic carbocycles. The number of ether oxygens (including phenoxy) is 1. The molecule has 0 spiro atoms. The number of hydrogen-bond donors (Lipinski definition) is 3. The Morgan fingerprint density at radius 2 is 1.89 bits per heavy atom. The zero-order valence-corrected chi connectivity index (χ0v) is 15.2. The number of rotatable bonds is 6. The van der Waals surface area contributed by atoms with E-state index in [0.717, 1.165) is 34.4 Å². The number of benzene rings is 2. The van der Waals surface area contributed by atoms with Crippen molar-refractivity contribution in [1.29, 1.82) is 0 Å². The monoisotopic (exact) mass is 375 g/mol. The van der Waals surface area contributed by atoms with Crippen molar-refractivity contribution >= 4 is 16.9 Å². The van der Waals surface area contributed by atoms with Crippen LogP contribution in [0.2, 0.25) is 0 Å². The SMILES string of the molecule is NCCCOc1cccc(-n2cc(-c3ccc(O)cc3)c3c(N)ncnc32)c1. The number of nitrogens with two attached hydrogens (primary N) is 2. The van der Waals surface area contributed by atoms with Gasteiger partial charge in [-0.25, -0.2) is 9.97 Å². The number of phenolic OH excluding ortho intramolecular Hbond substituents is 1. The highest BCUT2D eigenvalue weighted by molar-refractivity contribution is 6.01. The van der Waals surface area contributed by atoms with Crippen LogP contribution in [0.15, 0.2) is 61.1 Å². The van der Waals surface area contributed by atoms with E-state index >= 15 is 0 Å². The summed E-state index contributed by atoms with van der Waals surface area (Å²) in [5.74, 6) is 1.38. The fourth-order valence-electron chi connectivity index (χ4n) is 3.14. The molecular weight excluding hydrogens is 354 g/mol. The second-order valence-corrected chi connectivity index (χ2v) is 6.41. The molecule has 4 aromatic rings. The van der Waals surface area contributed by atoms with Gasteiger partial charge < -0.3 is 25.9 Å². The Bertz CT molecular complexity index is 1110. The predicted molar refractivity (Wildman–Crippen MR) is 110 cm³/mol. The van der Waals surface area contributed by atoms with Crippen molar-refractivity contribution in [2.75, 3.05) is 18.9 Å². The lowest BCUT2D eigenvalue weighted by Gasteiger charge is -2.09. The molecule has 2 aromatic heterocycles. The van der Waals surface area contributed by atoms with Gasteiger partial charge in [0.15, 0.2) is 5.65 Å². The van der Waals surface area contributed by atoms with Gasteiger partial charge in [0, 0.05) is 17.8 Å². The fraction of sp³-hybridized carbons (Fsp3) is 0.143. The Balaban J connectivity index is 1.83. The molecule has 0 atom stereocenters. The molecule has 0 saturated heterocycles. The topological polar surface area (TPSA) is 112 Å². The molecule has 5 N–H and O–H groups in total. The zero-order valence-electron chi connectivity index (χ0n) is 15.2. The minimum Gasteiger partial charge on any atom is -0.508 e. The number of anilines is 1. The summed E-state index contributed by atoms with van der Waals surface area (Å²) in [6.07, 6.45) is 4.23. The Hall–Kier alpha value is -3.58. The first kappa shape index (κ1) is 17.8. The van der Waals surface area contributed by atoms with Gasteiger partial charge in [0.2, 0.25) is 0 Å². The van der Waals surface area contributed by atoms with Gasteiger partial charge in [-0.3, -0.25) is 0 Å². The highest BCUT2D eigenvalue weighted by Gasteiger charge is 2.16. The molecule has 2 heterocycles. The molecular formula is C21H21N5O2. The number of phenols is 1. The minimum atomic E-state index is 0.207. The van der Waals surface area contributed by atoms with Crippen LogP contribution in [0, 0.1) is 0 Å². The Kier molecular flexibility index (Phi) is 4.82. The molecule has 4 rings (SSSR count). The van der Waals surface area contributed by atoms with E-state index in [1.165, 1.54) is 6.33 Å². The van der Waals surface area contributed by atoms with Crippen molar-refractivity contribution < 1.29 is 9.84 Å². The molecule has 7 nitrogen and oxygen atoms in total. The molecule has 0 bridgehead atoms. The van der Waals surface area contributed by atoms with Crippen LogP contribution in [-0.2, 0) is 0 Å². The summed E-state index contributed by atoms with van der Waals surface area (Å²) < 4.78 is 7.73. The third kappa shape index (κ3) is 3.35. The molecule has 28 heavy (non-hydrogen) atoms. The Morgan fingerprint density at radius 3 is 2.68 bits per heavy atom. The number of hydrogen-bond acceptors (Lipinski definition) is 6. The second kappa shape index (κ2) is 7.58. The third-order valence-electron chi connectivity index (χ3n) is 4.50. The Labute approximate surface area is 162 Å². The predicted octanol–water partition coefficient (Wildman–Crippen LogP) is 3.10. The van der Waals surface area contributed by atoms with Crippen molar-refractivity contribution in [1.82, 2.24) is 14.5 Å². The summed E-state index contributed by atoms with van der Waals surface area (Å²) in [5, 5.41) is 10.4. The average molecular weight is 375 g/mol. The maximum atomic E-state index is 9.60. The lowest BCUT2D eigenvalue weighted by atomic mass is 10.1. The molecule has 0 aliphatic heterocycles. The standard InChI is InChI=1S/C21H21N5O2/c22-9-2-10-28-17-4-1-3-15(11-17)26-12-18(14-5-7-16(27)8-6-14)19-20(23)24-13-25-21(19)26/h1,3-8,11-13,27H,2,9-10,22H2,(H2,23,24,25). The summed E-state index contributed by atoms with van der Waals surface area (Å²) in [5.41, 5.74) is 15.1. The number of aromatic nitrogens is 3. The quantitative estimate of drug-likeness (QED) is 0.446. The number of nitrogen functional groups attached to an aromatic ring is 1. The van der Waals surface area contributed by atoms with Crippen LogP contribution in [0.25, 0.3) is 27.8 Å². The first-order valence-corrected chi connectivity index (χ1v) is 9.01. The maximum Gasteiger partial charge on any atom is 0.150 e. The van der Waals surface area contributed by atoms with Crippen molar-refractivity contribution in [3.63, 3.8) is 0 Å². The molecule has 0 radical (unpaired) electrons. The zero-order chi connectivity index (χ0) is 19.5.